The predicted molar refractivity (Wildman–Crippen MR) is 183 cm³/mol. The molecule has 21 heteroatoms. The number of aromatic hydroxyl groups is 1. The third kappa shape index (κ3) is 16.0. The lowest BCUT2D eigenvalue weighted by Crippen LogP contribution is -2.60. The van der Waals surface area contributed by atoms with Crippen LogP contribution in [0.1, 0.15) is 38.2 Å². The van der Waals surface area contributed by atoms with Gasteiger partial charge in [-0.3, -0.25) is 43.3 Å². The van der Waals surface area contributed by atoms with Crippen molar-refractivity contribution in [2.45, 2.75) is 69.2 Å². The minimum atomic E-state index is -1.60. The summed E-state index contributed by atoms with van der Waals surface area (Å²) >= 11 is 4.12. The van der Waals surface area contributed by atoms with Gasteiger partial charge in [-0.05, 0) is 30.5 Å². The van der Waals surface area contributed by atoms with Gasteiger partial charge < -0.3 is 59.9 Å². The van der Waals surface area contributed by atoms with Crippen LogP contribution in [0.3, 0.4) is 0 Å². The summed E-state index contributed by atoms with van der Waals surface area (Å²) in [5, 5.41) is 23.9. The van der Waals surface area contributed by atoms with Gasteiger partial charge in [-0.1, -0.05) is 12.1 Å². The number of hydrogen-bond donors (Lipinski definition) is 12. The standard InChI is InChI=1S/C29H45N11O9S/c1-14(41)36-17(4-3-9-35-29(32)33)25(46)39-20(12-23(31)44)27(48)40-21(13-50)28(49)37-18(10-15-5-7-16(42)8-6-15)26(47)38-19(11-22(30)43)24(45)34-2/h5-8,17-21,42,50H,3-4,9-13H2,1-2H3,(H2,30,43)(H2,31,44)(H,34,45)(H,36,41)(H,37,49)(H,38,47)(H,39,46)(H,40,48)(H4,32,33,35)/t17-,18-,19-,20-,21-/m0/s1. The van der Waals surface area contributed by atoms with E-state index in [1.807, 2.05) is 0 Å². The van der Waals surface area contributed by atoms with Crippen LogP contribution in [0.4, 0.5) is 0 Å². The highest BCUT2D eigenvalue weighted by molar-refractivity contribution is 7.80. The number of nitrogens with two attached hydrogens (primary N) is 4. The summed E-state index contributed by atoms with van der Waals surface area (Å²) in [5.41, 5.74) is 21.6. The molecule has 8 amide bonds. The molecule has 5 atom stereocenters. The SMILES string of the molecule is CNC(=O)[C@H](CC(N)=O)NC(=O)[C@H](Cc1ccc(O)cc1)NC(=O)[C@H](CS)NC(=O)[C@H](CC(N)=O)NC(=O)[C@H](CCCN=C(N)N)NC(C)=O. The number of nitrogens with one attached hydrogen (secondary N) is 6. The van der Waals surface area contributed by atoms with E-state index in [1.54, 1.807) is 0 Å². The summed E-state index contributed by atoms with van der Waals surface area (Å²) in [7, 11) is 1.28. The summed E-state index contributed by atoms with van der Waals surface area (Å²) in [4.78, 5) is 104. The van der Waals surface area contributed by atoms with Crippen LogP contribution in [0.25, 0.3) is 0 Å². The first-order valence-electron chi connectivity index (χ1n) is 15.2. The van der Waals surface area contributed by atoms with Gasteiger partial charge in [-0.2, -0.15) is 12.6 Å². The van der Waals surface area contributed by atoms with E-state index >= 15 is 0 Å². The highest BCUT2D eigenvalue weighted by Crippen LogP contribution is 2.12. The van der Waals surface area contributed by atoms with Gasteiger partial charge in [-0.15, -0.1) is 0 Å². The molecule has 0 saturated carbocycles. The average molecular weight is 724 g/mol. The Kier molecular flexibility index (Phi) is 18.1. The summed E-state index contributed by atoms with van der Waals surface area (Å²) in [6.45, 7) is 1.31. The average Bonchev–Trinajstić information content (AvgIpc) is 3.03. The van der Waals surface area contributed by atoms with Crippen molar-refractivity contribution in [2.24, 2.45) is 27.9 Å². The quantitative estimate of drug-likeness (QED) is 0.0246. The highest BCUT2D eigenvalue weighted by Gasteiger charge is 2.33. The molecule has 0 radical (unpaired) electrons. The van der Waals surface area contributed by atoms with Gasteiger partial charge in [0.1, 0.15) is 36.0 Å². The third-order valence-corrected chi connectivity index (χ3v) is 7.15. The first-order valence-corrected chi connectivity index (χ1v) is 15.8. The van der Waals surface area contributed by atoms with Crippen molar-refractivity contribution in [1.29, 1.82) is 0 Å². The number of primary amides is 2. The number of hydrogen-bond acceptors (Lipinski definition) is 11. The van der Waals surface area contributed by atoms with Crippen molar-refractivity contribution in [3.8, 4) is 5.75 Å². The number of phenolic OH excluding ortho intramolecular Hbond substituents is 1. The number of benzene rings is 1. The van der Waals surface area contributed by atoms with Crippen LogP contribution < -0.4 is 54.8 Å². The van der Waals surface area contributed by atoms with Crippen molar-refractivity contribution in [3.05, 3.63) is 29.8 Å². The molecule has 1 aromatic carbocycles. The molecule has 0 heterocycles. The van der Waals surface area contributed by atoms with Crippen LogP contribution in [0, 0.1) is 0 Å². The molecule has 276 valence electrons. The molecule has 0 aliphatic heterocycles. The minimum absolute atomic E-state index is 0.0550. The van der Waals surface area contributed by atoms with Gasteiger partial charge in [0.05, 0.1) is 12.8 Å². The molecule has 0 unspecified atom stereocenters. The van der Waals surface area contributed by atoms with Crippen molar-refractivity contribution >= 4 is 65.8 Å². The number of amides is 8. The fourth-order valence-electron chi connectivity index (χ4n) is 4.37. The maximum Gasteiger partial charge on any atom is 0.244 e. The van der Waals surface area contributed by atoms with Crippen LogP contribution >= 0.6 is 12.6 Å². The molecule has 15 N–H and O–H groups in total. The van der Waals surface area contributed by atoms with Gasteiger partial charge in [-0.25, -0.2) is 0 Å². The van der Waals surface area contributed by atoms with Gasteiger partial charge >= 0.3 is 0 Å². The number of likely N-dealkylation sites (N-methyl/N-ethyl adjacent to an activating group) is 1. The van der Waals surface area contributed by atoms with E-state index in [2.05, 4.69) is 49.5 Å². The Morgan fingerprint density at radius 1 is 0.700 bits per heavy atom. The summed E-state index contributed by atoms with van der Waals surface area (Å²) in [6.07, 6.45) is -1.09. The van der Waals surface area contributed by atoms with Crippen LogP contribution in [0.2, 0.25) is 0 Å². The van der Waals surface area contributed by atoms with Gasteiger partial charge in [0.15, 0.2) is 5.96 Å². The van der Waals surface area contributed by atoms with Crippen LogP contribution in [-0.2, 0) is 44.8 Å². The Balaban J connectivity index is 3.22. The Morgan fingerprint density at radius 2 is 1.16 bits per heavy atom. The zero-order chi connectivity index (χ0) is 38.0. The molecule has 0 aromatic heterocycles. The predicted octanol–water partition coefficient (Wildman–Crippen LogP) is -5.14. The van der Waals surface area contributed by atoms with Gasteiger partial charge in [0, 0.05) is 32.7 Å². The molecule has 0 saturated heterocycles. The first-order chi connectivity index (χ1) is 23.5. The monoisotopic (exact) mass is 723 g/mol. The number of thiol groups is 1. The van der Waals surface area contributed by atoms with E-state index in [4.69, 9.17) is 22.9 Å². The second kappa shape index (κ2) is 21.4. The van der Waals surface area contributed by atoms with Crippen LogP contribution in [-0.4, -0.2) is 108 Å². The summed E-state index contributed by atoms with van der Waals surface area (Å²) in [6, 6.07) is -1.33. The number of phenols is 1. The first kappa shape index (κ1) is 42.4. The maximum atomic E-state index is 13.4. The molecule has 0 spiro atoms. The lowest BCUT2D eigenvalue weighted by atomic mass is 10.0. The molecule has 50 heavy (non-hydrogen) atoms. The molecular formula is C29H45N11O9S. The zero-order valence-electron chi connectivity index (χ0n) is 27.6. The fraction of sp³-hybridized carbons (Fsp3) is 0.483. The second-order valence-corrected chi connectivity index (χ2v) is 11.3. The number of carbonyl (C=O) groups excluding carboxylic acids is 8. The lowest BCUT2D eigenvalue weighted by Gasteiger charge is -2.26. The Hall–Kier alpha value is -5.60. The topological polar surface area (TPSA) is 345 Å². The van der Waals surface area contributed by atoms with E-state index < -0.39 is 90.3 Å². The Labute approximate surface area is 293 Å². The largest absolute Gasteiger partial charge is 0.508 e. The zero-order valence-corrected chi connectivity index (χ0v) is 28.5. The molecule has 1 aromatic rings. The number of aliphatic imine (C=N–C) groups is 1. The number of nitrogens with zero attached hydrogens (tertiary/aromatic N) is 1. The molecule has 1 rings (SSSR count). The van der Waals surface area contributed by atoms with Crippen molar-refractivity contribution in [3.63, 3.8) is 0 Å². The molecule has 20 nitrogen and oxygen atoms in total. The van der Waals surface area contributed by atoms with E-state index in [1.165, 1.54) is 38.2 Å². The smallest absolute Gasteiger partial charge is 0.244 e. The molecule has 0 aliphatic carbocycles. The molecule has 0 bridgehead atoms. The van der Waals surface area contributed by atoms with E-state index in [0.29, 0.717) is 5.56 Å². The number of guanidine groups is 1. The normalized spacial score (nSPS) is 13.5. The van der Waals surface area contributed by atoms with Gasteiger partial charge in [0.2, 0.25) is 47.3 Å². The minimum Gasteiger partial charge on any atom is -0.508 e. The fourth-order valence-corrected chi connectivity index (χ4v) is 4.63. The maximum absolute atomic E-state index is 13.4. The van der Waals surface area contributed by atoms with Crippen LogP contribution in [0.5, 0.6) is 5.75 Å². The van der Waals surface area contributed by atoms with E-state index in [0.717, 1.165) is 0 Å². The lowest BCUT2D eigenvalue weighted by molar-refractivity contribution is -0.135. The summed E-state index contributed by atoms with van der Waals surface area (Å²) in [5.74, 6) is -7.41. The third-order valence-electron chi connectivity index (χ3n) is 6.79. The number of carbonyl (C=O) groups is 8. The van der Waals surface area contributed by atoms with Crippen molar-refractivity contribution in [2.75, 3.05) is 19.3 Å². The Morgan fingerprint density at radius 3 is 1.64 bits per heavy atom. The molecular weight excluding hydrogens is 678 g/mol. The van der Waals surface area contributed by atoms with E-state index in [-0.39, 0.29) is 43.3 Å². The Bertz CT molecular complexity index is 1420. The van der Waals surface area contributed by atoms with Gasteiger partial charge in [0.25, 0.3) is 0 Å². The highest BCUT2D eigenvalue weighted by atomic mass is 32.1. The van der Waals surface area contributed by atoms with E-state index in [9.17, 15) is 43.5 Å². The molecule has 0 fully saturated rings. The summed E-state index contributed by atoms with van der Waals surface area (Å²) < 4.78 is 0. The number of rotatable bonds is 21. The van der Waals surface area contributed by atoms with Crippen molar-refractivity contribution in [1.82, 2.24) is 31.9 Å². The van der Waals surface area contributed by atoms with Crippen molar-refractivity contribution < 1.29 is 43.5 Å². The van der Waals surface area contributed by atoms with Crippen LogP contribution in [0.15, 0.2) is 29.3 Å². The second-order valence-electron chi connectivity index (χ2n) is 11.0. The molecule has 0 aliphatic rings.